The predicted molar refractivity (Wildman–Crippen MR) is 50.8 cm³/mol. The van der Waals surface area contributed by atoms with Crippen LogP contribution in [-0.2, 0) is 14.3 Å². The van der Waals surface area contributed by atoms with Crippen molar-refractivity contribution in [2.24, 2.45) is 11.8 Å². The van der Waals surface area contributed by atoms with Crippen molar-refractivity contribution < 1.29 is 19.4 Å². The van der Waals surface area contributed by atoms with Crippen LogP contribution >= 0.6 is 0 Å². The SMILES string of the molecule is CC(C)[C@@H](O)[C@]12NC(=O)[C@@H](C)[C@H]1OC2=O. The normalized spacial score (nSPS) is 40.6. The van der Waals surface area contributed by atoms with E-state index in [1.54, 1.807) is 20.8 Å². The summed E-state index contributed by atoms with van der Waals surface area (Å²) in [5.41, 5.74) is -1.19. The summed E-state index contributed by atoms with van der Waals surface area (Å²) in [7, 11) is 0. The molecule has 2 N–H and O–H groups in total. The van der Waals surface area contributed by atoms with E-state index in [4.69, 9.17) is 4.74 Å². The number of ether oxygens (including phenoxy) is 1. The first kappa shape index (κ1) is 10.4. The average Bonchev–Trinajstić information content (AvgIpc) is 2.37. The molecule has 0 bridgehead atoms. The highest BCUT2D eigenvalue weighted by atomic mass is 16.6. The van der Waals surface area contributed by atoms with Gasteiger partial charge in [0.05, 0.1) is 12.0 Å². The second kappa shape index (κ2) is 2.95. The Morgan fingerprint density at radius 2 is 2.07 bits per heavy atom. The minimum Gasteiger partial charge on any atom is -0.456 e. The van der Waals surface area contributed by atoms with Crippen molar-refractivity contribution >= 4 is 11.9 Å². The zero-order valence-electron chi connectivity index (χ0n) is 8.98. The average molecular weight is 213 g/mol. The third-order valence-corrected chi connectivity index (χ3v) is 3.32. The molecule has 84 valence electrons. The molecule has 0 spiro atoms. The Kier molecular flexibility index (Phi) is 2.05. The van der Waals surface area contributed by atoms with E-state index in [2.05, 4.69) is 5.32 Å². The second-order valence-electron chi connectivity index (χ2n) is 4.66. The number of aliphatic hydroxyl groups excluding tert-OH is 1. The Hall–Kier alpha value is -1.10. The molecule has 0 aliphatic carbocycles. The summed E-state index contributed by atoms with van der Waals surface area (Å²) < 4.78 is 4.94. The first-order valence-electron chi connectivity index (χ1n) is 5.12. The van der Waals surface area contributed by atoms with Gasteiger partial charge in [-0.15, -0.1) is 0 Å². The van der Waals surface area contributed by atoms with Crippen molar-refractivity contribution in [2.75, 3.05) is 0 Å². The van der Waals surface area contributed by atoms with Crippen LogP contribution in [0.3, 0.4) is 0 Å². The standard InChI is InChI=1S/C10H15NO4/c1-4(2)6(12)10-7(15-9(10)14)5(3)8(13)11-10/h4-7,12H,1-3H3,(H,11,13)/t5-,6+,7+,10-/m0/s1. The molecule has 2 heterocycles. The molecule has 0 radical (unpaired) electrons. The van der Waals surface area contributed by atoms with Crippen LogP contribution in [0.25, 0.3) is 0 Å². The van der Waals surface area contributed by atoms with Crippen LogP contribution in [0.2, 0.25) is 0 Å². The summed E-state index contributed by atoms with van der Waals surface area (Å²) in [6, 6.07) is 0. The molecule has 2 aliphatic heterocycles. The maximum atomic E-state index is 11.5. The van der Waals surface area contributed by atoms with Gasteiger partial charge in [-0.3, -0.25) is 4.79 Å². The molecule has 0 aromatic heterocycles. The highest BCUT2D eigenvalue weighted by molar-refractivity contribution is 5.99. The maximum Gasteiger partial charge on any atom is 0.338 e. The molecule has 2 fully saturated rings. The van der Waals surface area contributed by atoms with Crippen molar-refractivity contribution in [2.45, 2.75) is 38.5 Å². The van der Waals surface area contributed by atoms with Crippen LogP contribution in [-0.4, -0.2) is 34.7 Å². The molecule has 0 aromatic carbocycles. The Balaban J connectivity index is 2.33. The van der Waals surface area contributed by atoms with Gasteiger partial charge in [-0.2, -0.15) is 0 Å². The summed E-state index contributed by atoms with van der Waals surface area (Å²) in [5.74, 6) is -1.24. The van der Waals surface area contributed by atoms with Gasteiger partial charge in [-0.1, -0.05) is 13.8 Å². The molecular weight excluding hydrogens is 198 g/mol. The van der Waals surface area contributed by atoms with Crippen LogP contribution in [0.15, 0.2) is 0 Å². The van der Waals surface area contributed by atoms with E-state index in [1.165, 1.54) is 0 Å². The Morgan fingerprint density at radius 1 is 1.47 bits per heavy atom. The minimum absolute atomic E-state index is 0.106. The third-order valence-electron chi connectivity index (χ3n) is 3.32. The smallest absolute Gasteiger partial charge is 0.338 e. The number of nitrogens with one attached hydrogen (secondary N) is 1. The minimum atomic E-state index is -1.19. The zero-order valence-corrected chi connectivity index (χ0v) is 8.98. The third kappa shape index (κ3) is 1.07. The van der Waals surface area contributed by atoms with E-state index in [0.717, 1.165) is 0 Å². The fourth-order valence-corrected chi connectivity index (χ4v) is 2.33. The molecule has 5 heteroatoms. The quantitative estimate of drug-likeness (QED) is 0.602. The highest BCUT2D eigenvalue weighted by Crippen LogP contribution is 2.42. The lowest BCUT2D eigenvalue weighted by Crippen LogP contribution is -2.73. The first-order valence-corrected chi connectivity index (χ1v) is 5.12. The number of aliphatic hydroxyl groups is 1. The number of amides is 1. The monoisotopic (exact) mass is 213 g/mol. The molecule has 5 nitrogen and oxygen atoms in total. The van der Waals surface area contributed by atoms with Gasteiger partial charge in [0.15, 0.2) is 0 Å². The maximum absolute atomic E-state index is 11.5. The van der Waals surface area contributed by atoms with Gasteiger partial charge in [-0.25, -0.2) is 4.79 Å². The fourth-order valence-electron chi connectivity index (χ4n) is 2.33. The summed E-state index contributed by atoms with van der Waals surface area (Å²) >= 11 is 0. The van der Waals surface area contributed by atoms with Gasteiger partial charge in [0.1, 0.15) is 6.10 Å². The number of carbonyl (C=O) groups excluding carboxylic acids is 2. The fraction of sp³-hybridized carbons (Fsp3) is 0.800. The van der Waals surface area contributed by atoms with Crippen LogP contribution in [0, 0.1) is 11.8 Å². The number of carbonyl (C=O) groups is 2. The van der Waals surface area contributed by atoms with Crippen molar-refractivity contribution in [1.29, 1.82) is 0 Å². The lowest BCUT2D eigenvalue weighted by Gasteiger charge is -2.46. The molecule has 0 aromatic rings. The molecule has 2 saturated heterocycles. The van der Waals surface area contributed by atoms with Crippen molar-refractivity contribution in [3.05, 3.63) is 0 Å². The Bertz CT molecular complexity index is 327. The van der Waals surface area contributed by atoms with Gasteiger partial charge in [0, 0.05) is 0 Å². The zero-order chi connectivity index (χ0) is 11.4. The molecule has 2 aliphatic rings. The highest BCUT2D eigenvalue weighted by Gasteiger charge is 2.70. The predicted octanol–water partition coefficient (Wildman–Crippen LogP) is -0.567. The number of hydrogen-bond donors (Lipinski definition) is 2. The van der Waals surface area contributed by atoms with E-state index in [1.807, 2.05) is 0 Å². The molecule has 0 unspecified atom stereocenters. The second-order valence-corrected chi connectivity index (χ2v) is 4.66. The van der Waals surface area contributed by atoms with E-state index < -0.39 is 23.7 Å². The van der Waals surface area contributed by atoms with Gasteiger partial charge >= 0.3 is 5.97 Å². The lowest BCUT2D eigenvalue weighted by atomic mass is 9.76. The molecule has 1 amide bonds. The Labute approximate surface area is 87.8 Å². The molecular formula is C10H15NO4. The topological polar surface area (TPSA) is 75.6 Å². The van der Waals surface area contributed by atoms with Crippen molar-refractivity contribution in [3.63, 3.8) is 0 Å². The van der Waals surface area contributed by atoms with Crippen LogP contribution in [0.1, 0.15) is 20.8 Å². The van der Waals surface area contributed by atoms with Gasteiger partial charge in [-0.05, 0) is 12.8 Å². The van der Waals surface area contributed by atoms with Crippen LogP contribution in [0.5, 0.6) is 0 Å². The molecule has 15 heavy (non-hydrogen) atoms. The van der Waals surface area contributed by atoms with Crippen LogP contribution < -0.4 is 5.32 Å². The first-order chi connectivity index (χ1) is 6.91. The van der Waals surface area contributed by atoms with Crippen molar-refractivity contribution in [3.8, 4) is 0 Å². The van der Waals surface area contributed by atoms with E-state index in [-0.39, 0.29) is 17.7 Å². The molecule has 0 saturated carbocycles. The summed E-state index contributed by atoms with van der Waals surface area (Å²) in [4.78, 5) is 22.9. The summed E-state index contributed by atoms with van der Waals surface area (Å²) in [5, 5.41) is 12.6. The molecule has 2 rings (SSSR count). The summed E-state index contributed by atoms with van der Waals surface area (Å²) in [6.07, 6.45) is -1.41. The largest absolute Gasteiger partial charge is 0.456 e. The van der Waals surface area contributed by atoms with E-state index in [0.29, 0.717) is 0 Å². The Morgan fingerprint density at radius 3 is 2.47 bits per heavy atom. The number of hydrogen-bond acceptors (Lipinski definition) is 4. The lowest BCUT2D eigenvalue weighted by molar-refractivity contribution is -0.206. The van der Waals surface area contributed by atoms with Crippen molar-refractivity contribution in [1.82, 2.24) is 5.32 Å². The molecule has 4 atom stereocenters. The van der Waals surface area contributed by atoms with Gasteiger partial charge < -0.3 is 15.2 Å². The number of rotatable bonds is 2. The van der Waals surface area contributed by atoms with Gasteiger partial charge in [0.2, 0.25) is 11.4 Å². The summed E-state index contributed by atoms with van der Waals surface area (Å²) in [6.45, 7) is 5.30. The van der Waals surface area contributed by atoms with E-state index in [9.17, 15) is 14.7 Å². The van der Waals surface area contributed by atoms with Gasteiger partial charge in [0.25, 0.3) is 0 Å². The van der Waals surface area contributed by atoms with E-state index >= 15 is 0 Å². The van der Waals surface area contributed by atoms with Crippen LogP contribution in [0.4, 0.5) is 0 Å². The number of fused-ring (bicyclic) bond motifs is 1. The number of esters is 1.